The number of rotatable bonds is 4. The minimum absolute atomic E-state index is 0.253. The zero-order valence-electron chi connectivity index (χ0n) is 10.6. The molecule has 1 saturated heterocycles. The molecule has 98 valence electrons. The first-order valence-electron chi connectivity index (χ1n) is 6.41. The third-order valence-corrected chi connectivity index (χ3v) is 4.14. The fourth-order valence-electron chi connectivity index (χ4n) is 2.01. The van der Waals surface area contributed by atoms with Crippen LogP contribution < -0.4 is 5.32 Å². The molecule has 2 rings (SSSR count). The molecule has 1 atom stereocenters. The normalized spacial score (nSPS) is 19.3. The highest BCUT2D eigenvalue weighted by atomic mass is 32.2. The Morgan fingerprint density at radius 1 is 1.44 bits per heavy atom. The lowest BCUT2D eigenvalue weighted by molar-refractivity contribution is 0.0526. The van der Waals surface area contributed by atoms with E-state index in [9.17, 15) is 4.79 Å². The maximum atomic E-state index is 11.5. The van der Waals surface area contributed by atoms with Crippen LogP contribution >= 0.6 is 11.8 Å². The molecule has 1 N–H and O–H groups in total. The van der Waals surface area contributed by atoms with E-state index in [1.165, 1.54) is 24.3 Å². The first-order valence-corrected chi connectivity index (χ1v) is 7.56. The van der Waals surface area contributed by atoms with Crippen LogP contribution in [0.4, 0.5) is 5.69 Å². The molecule has 1 fully saturated rings. The van der Waals surface area contributed by atoms with Crippen molar-refractivity contribution >= 4 is 23.4 Å². The third kappa shape index (κ3) is 3.67. The Kier molecular flexibility index (Phi) is 4.93. The molecule has 3 nitrogen and oxygen atoms in total. The van der Waals surface area contributed by atoms with Crippen molar-refractivity contribution in [3.05, 3.63) is 29.8 Å². The number of esters is 1. The Morgan fingerprint density at radius 3 is 2.83 bits per heavy atom. The van der Waals surface area contributed by atoms with E-state index >= 15 is 0 Å². The van der Waals surface area contributed by atoms with E-state index in [-0.39, 0.29) is 5.97 Å². The van der Waals surface area contributed by atoms with Gasteiger partial charge in [0.25, 0.3) is 0 Å². The topological polar surface area (TPSA) is 38.3 Å². The predicted octanol–water partition coefficient (Wildman–Crippen LogP) is 3.17. The van der Waals surface area contributed by atoms with Gasteiger partial charge in [-0.2, -0.15) is 11.8 Å². The molecule has 1 heterocycles. The molecule has 1 aromatic rings. The Bertz CT molecular complexity index is 385. The highest BCUT2D eigenvalue weighted by Crippen LogP contribution is 2.21. The average molecular weight is 265 g/mol. The van der Waals surface area contributed by atoms with Gasteiger partial charge in [0.15, 0.2) is 0 Å². The second-order valence-corrected chi connectivity index (χ2v) is 5.51. The standard InChI is InChI=1S/C14H19NO2S/c1-2-17-14(16)11-5-7-12(8-6-11)15-13-4-3-9-18-10-13/h5-8,13,15H,2-4,9-10H2,1H3. The molecule has 0 aromatic heterocycles. The maximum absolute atomic E-state index is 11.5. The highest BCUT2D eigenvalue weighted by Gasteiger charge is 2.13. The molecular formula is C14H19NO2S. The second kappa shape index (κ2) is 6.69. The fraction of sp³-hybridized carbons (Fsp3) is 0.500. The molecular weight excluding hydrogens is 246 g/mol. The van der Waals surface area contributed by atoms with Gasteiger partial charge in [0.05, 0.1) is 12.2 Å². The third-order valence-electron chi connectivity index (χ3n) is 2.93. The number of carbonyl (C=O) groups is 1. The molecule has 0 amide bonds. The summed E-state index contributed by atoms with van der Waals surface area (Å²) in [6, 6.07) is 8.08. The van der Waals surface area contributed by atoms with Crippen molar-refractivity contribution in [1.82, 2.24) is 0 Å². The summed E-state index contributed by atoms with van der Waals surface area (Å²) in [5.74, 6) is 2.19. The molecule has 1 aromatic carbocycles. The molecule has 18 heavy (non-hydrogen) atoms. The van der Waals surface area contributed by atoms with Crippen molar-refractivity contribution in [2.45, 2.75) is 25.8 Å². The van der Waals surface area contributed by atoms with Crippen molar-refractivity contribution in [3.8, 4) is 0 Å². The van der Waals surface area contributed by atoms with E-state index in [1.807, 2.05) is 43.0 Å². The monoisotopic (exact) mass is 265 g/mol. The molecule has 1 aliphatic heterocycles. The number of benzene rings is 1. The molecule has 1 aliphatic rings. The number of nitrogens with one attached hydrogen (secondary N) is 1. The van der Waals surface area contributed by atoms with Crippen LogP contribution in [0.1, 0.15) is 30.1 Å². The smallest absolute Gasteiger partial charge is 0.338 e. The molecule has 0 spiro atoms. The van der Waals surface area contributed by atoms with E-state index in [4.69, 9.17) is 4.74 Å². The molecule has 0 aliphatic carbocycles. The van der Waals surface area contributed by atoms with Gasteiger partial charge in [-0.15, -0.1) is 0 Å². The van der Waals surface area contributed by atoms with Crippen molar-refractivity contribution < 1.29 is 9.53 Å². The number of anilines is 1. The summed E-state index contributed by atoms with van der Waals surface area (Å²) in [5, 5.41) is 3.51. The Morgan fingerprint density at radius 2 is 2.22 bits per heavy atom. The van der Waals surface area contributed by atoms with Gasteiger partial charge in [-0.25, -0.2) is 4.79 Å². The molecule has 4 heteroatoms. The Balaban J connectivity index is 1.92. The first-order chi connectivity index (χ1) is 8.79. The van der Waals surface area contributed by atoms with E-state index < -0.39 is 0 Å². The van der Waals surface area contributed by atoms with Gasteiger partial charge in [-0.3, -0.25) is 0 Å². The van der Waals surface area contributed by atoms with Gasteiger partial charge in [0, 0.05) is 17.5 Å². The first kappa shape index (κ1) is 13.3. The van der Waals surface area contributed by atoms with Gasteiger partial charge in [-0.1, -0.05) is 0 Å². The summed E-state index contributed by atoms with van der Waals surface area (Å²) < 4.78 is 4.96. The summed E-state index contributed by atoms with van der Waals surface area (Å²) in [4.78, 5) is 11.5. The number of hydrogen-bond donors (Lipinski definition) is 1. The van der Waals surface area contributed by atoms with Crippen LogP contribution in [0.2, 0.25) is 0 Å². The Labute approximate surface area is 112 Å². The second-order valence-electron chi connectivity index (χ2n) is 4.36. The molecule has 0 bridgehead atoms. The maximum Gasteiger partial charge on any atom is 0.338 e. The number of thioether (sulfide) groups is 1. The lowest BCUT2D eigenvalue weighted by atomic mass is 10.1. The predicted molar refractivity (Wildman–Crippen MR) is 76.4 cm³/mol. The molecule has 0 radical (unpaired) electrons. The highest BCUT2D eigenvalue weighted by molar-refractivity contribution is 7.99. The quantitative estimate of drug-likeness (QED) is 0.849. The summed E-state index contributed by atoms with van der Waals surface area (Å²) in [5.41, 5.74) is 1.69. The van der Waals surface area contributed by atoms with E-state index in [0.717, 1.165) is 5.69 Å². The average Bonchev–Trinajstić information content (AvgIpc) is 2.41. The molecule has 0 saturated carbocycles. The lowest BCUT2D eigenvalue weighted by Crippen LogP contribution is -2.25. The van der Waals surface area contributed by atoms with Crippen molar-refractivity contribution in [2.75, 3.05) is 23.4 Å². The zero-order chi connectivity index (χ0) is 12.8. The van der Waals surface area contributed by atoms with Crippen LogP contribution in [-0.2, 0) is 4.74 Å². The minimum Gasteiger partial charge on any atom is -0.462 e. The van der Waals surface area contributed by atoms with Gasteiger partial charge in [-0.05, 0) is 49.8 Å². The van der Waals surface area contributed by atoms with Gasteiger partial charge >= 0.3 is 5.97 Å². The summed E-state index contributed by atoms with van der Waals surface area (Å²) >= 11 is 2.00. The summed E-state index contributed by atoms with van der Waals surface area (Å²) in [6.45, 7) is 2.23. The van der Waals surface area contributed by atoms with Crippen molar-refractivity contribution in [2.24, 2.45) is 0 Å². The largest absolute Gasteiger partial charge is 0.462 e. The summed E-state index contributed by atoms with van der Waals surface area (Å²) in [6.07, 6.45) is 2.51. The SMILES string of the molecule is CCOC(=O)c1ccc(NC2CCCSC2)cc1. The van der Waals surface area contributed by atoms with E-state index in [2.05, 4.69) is 5.32 Å². The fourth-order valence-corrected chi connectivity index (χ4v) is 3.08. The van der Waals surface area contributed by atoms with Gasteiger partial charge in [0.2, 0.25) is 0 Å². The van der Waals surface area contributed by atoms with Crippen molar-refractivity contribution in [3.63, 3.8) is 0 Å². The Hall–Kier alpha value is -1.16. The van der Waals surface area contributed by atoms with E-state index in [0.29, 0.717) is 18.2 Å². The van der Waals surface area contributed by atoms with Crippen LogP contribution in [0.5, 0.6) is 0 Å². The number of hydrogen-bond acceptors (Lipinski definition) is 4. The van der Waals surface area contributed by atoms with Crippen molar-refractivity contribution in [1.29, 1.82) is 0 Å². The van der Waals surface area contributed by atoms with Crippen LogP contribution in [0.3, 0.4) is 0 Å². The number of carbonyl (C=O) groups excluding carboxylic acids is 1. The minimum atomic E-state index is -0.253. The van der Waals surface area contributed by atoms with Crippen LogP contribution in [0.15, 0.2) is 24.3 Å². The zero-order valence-corrected chi connectivity index (χ0v) is 11.5. The molecule has 1 unspecified atom stereocenters. The summed E-state index contributed by atoms with van der Waals surface area (Å²) in [7, 11) is 0. The van der Waals surface area contributed by atoms with Gasteiger partial charge in [0.1, 0.15) is 0 Å². The lowest BCUT2D eigenvalue weighted by Gasteiger charge is -2.23. The van der Waals surface area contributed by atoms with Crippen LogP contribution in [-0.4, -0.2) is 30.1 Å². The van der Waals surface area contributed by atoms with E-state index in [1.54, 1.807) is 0 Å². The number of ether oxygens (including phenoxy) is 1. The van der Waals surface area contributed by atoms with Gasteiger partial charge < -0.3 is 10.1 Å². The van der Waals surface area contributed by atoms with Crippen LogP contribution in [0, 0.1) is 0 Å². The van der Waals surface area contributed by atoms with Crippen LogP contribution in [0.25, 0.3) is 0 Å².